The predicted octanol–water partition coefficient (Wildman–Crippen LogP) is 5.46. The van der Waals surface area contributed by atoms with Crippen LogP contribution in [0.3, 0.4) is 0 Å². The number of aromatic nitrogens is 3. The highest BCUT2D eigenvalue weighted by molar-refractivity contribution is 9.10. The molecule has 4 aromatic rings. The van der Waals surface area contributed by atoms with E-state index in [1.54, 1.807) is 6.20 Å². The number of nitrogen functional groups attached to an aromatic ring is 1. The fraction of sp³-hybridized carbons (Fsp3) is 0.208. The van der Waals surface area contributed by atoms with Crippen LogP contribution in [0.1, 0.15) is 26.3 Å². The van der Waals surface area contributed by atoms with Crippen molar-refractivity contribution in [1.82, 2.24) is 19.9 Å². The largest absolute Gasteiger partial charge is 0.444 e. The maximum atomic E-state index is 11.9. The molecule has 0 aliphatic heterocycles. The molecule has 1 amide bonds. The Morgan fingerprint density at radius 1 is 1.16 bits per heavy atom. The summed E-state index contributed by atoms with van der Waals surface area (Å²) in [4.78, 5) is 21.0. The van der Waals surface area contributed by atoms with Crippen molar-refractivity contribution in [3.63, 3.8) is 0 Å². The van der Waals surface area contributed by atoms with Gasteiger partial charge in [0.2, 0.25) is 0 Å². The van der Waals surface area contributed by atoms with Crippen LogP contribution in [-0.4, -0.2) is 26.2 Å². The molecule has 3 N–H and O–H groups in total. The topological polar surface area (TPSA) is 95.1 Å². The molecule has 0 saturated carbocycles. The molecule has 2 aromatic heterocycles. The SMILES string of the molecule is CC(C)(C)OC(=O)NCc1ccc(-n2c(-c3cccnc3N)nc3ccc(Br)cc32)cc1. The van der Waals surface area contributed by atoms with Gasteiger partial charge in [0.15, 0.2) is 0 Å². The normalized spacial score (nSPS) is 11.5. The fourth-order valence-corrected chi connectivity index (χ4v) is 3.70. The number of hydrogen-bond donors (Lipinski definition) is 2. The third-order valence-electron chi connectivity index (χ3n) is 4.73. The Labute approximate surface area is 194 Å². The lowest BCUT2D eigenvalue weighted by Crippen LogP contribution is -2.32. The molecule has 0 aliphatic carbocycles. The number of hydrogen-bond acceptors (Lipinski definition) is 5. The minimum Gasteiger partial charge on any atom is -0.444 e. The first-order valence-electron chi connectivity index (χ1n) is 10.2. The van der Waals surface area contributed by atoms with Crippen LogP contribution in [0.25, 0.3) is 28.1 Å². The lowest BCUT2D eigenvalue weighted by molar-refractivity contribution is 0.0523. The average Bonchev–Trinajstić information content (AvgIpc) is 3.10. The number of ether oxygens (including phenoxy) is 1. The zero-order chi connectivity index (χ0) is 22.9. The summed E-state index contributed by atoms with van der Waals surface area (Å²) in [6.07, 6.45) is 1.22. The molecule has 0 spiro atoms. The smallest absolute Gasteiger partial charge is 0.407 e. The highest BCUT2D eigenvalue weighted by atomic mass is 79.9. The molecule has 0 fully saturated rings. The Balaban J connectivity index is 1.69. The van der Waals surface area contributed by atoms with Gasteiger partial charge in [0.05, 0.1) is 16.6 Å². The molecule has 2 aromatic carbocycles. The zero-order valence-corrected chi connectivity index (χ0v) is 19.7. The van der Waals surface area contributed by atoms with Gasteiger partial charge in [0.25, 0.3) is 0 Å². The number of pyridine rings is 1. The molecule has 0 atom stereocenters. The average molecular weight is 494 g/mol. The third kappa shape index (κ3) is 4.75. The fourth-order valence-electron chi connectivity index (χ4n) is 3.35. The van der Waals surface area contributed by atoms with E-state index in [-0.39, 0.29) is 0 Å². The van der Waals surface area contributed by atoms with E-state index in [0.717, 1.165) is 32.3 Å². The van der Waals surface area contributed by atoms with Crippen LogP contribution in [0.2, 0.25) is 0 Å². The first-order valence-corrected chi connectivity index (χ1v) is 11.0. The Morgan fingerprint density at radius 3 is 2.59 bits per heavy atom. The maximum Gasteiger partial charge on any atom is 0.407 e. The lowest BCUT2D eigenvalue weighted by Gasteiger charge is -2.19. The lowest BCUT2D eigenvalue weighted by atomic mass is 10.2. The minimum atomic E-state index is -0.533. The number of imidazole rings is 1. The van der Waals surface area contributed by atoms with E-state index >= 15 is 0 Å². The number of nitrogens with one attached hydrogen (secondary N) is 1. The molecule has 0 bridgehead atoms. The van der Waals surface area contributed by atoms with E-state index in [1.165, 1.54) is 0 Å². The summed E-state index contributed by atoms with van der Waals surface area (Å²) in [7, 11) is 0. The highest BCUT2D eigenvalue weighted by Crippen LogP contribution is 2.32. The van der Waals surface area contributed by atoms with Gasteiger partial charge < -0.3 is 15.8 Å². The van der Waals surface area contributed by atoms with Gasteiger partial charge in [-0.05, 0) is 68.8 Å². The second kappa shape index (κ2) is 8.63. The number of alkyl carbamates (subject to hydrolysis) is 1. The number of halogens is 1. The second-order valence-corrected chi connectivity index (χ2v) is 9.28. The molecule has 7 nitrogen and oxygen atoms in total. The minimum absolute atomic E-state index is 0.369. The monoisotopic (exact) mass is 493 g/mol. The molecule has 0 unspecified atom stereocenters. The molecule has 0 saturated heterocycles. The van der Waals surface area contributed by atoms with Gasteiger partial charge in [0, 0.05) is 22.9 Å². The number of carbonyl (C=O) groups excluding carboxylic acids is 1. The Hall–Kier alpha value is -3.39. The maximum absolute atomic E-state index is 11.9. The van der Waals surface area contributed by atoms with Crippen molar-refractivity contribution in [2.24, 2.45) is 0 Å². The number of nitrogens with zero attached hydrogens (tertiary/aromatic N) is 3. The summed E-state index contributed by atoms with van der Waals surface area (Å²) in [5, 5.41) is 2.78. The number of amides is 1. The van der Waals surface area contributed by atoms with Crippen LogP contribution in [0, 0.1) is 0 Å². The van der Waals surface area contributed by atoms with Crippen molar-refractivity contribution in [3.05, 3.63) is 70.8 Å². The van der Waals surface area contributed by atoms with Crippen LogP contribution >= 0.6 is 15.9 Å². The van der Waals surface area contributed by atoms with Gasteiger partial charge in [-0.1, -0.05) is 28.1 Å². The van der Waals surface area contributed by atoms with Gasteiger partial charge in [-0.2, -0.15) is 0 Å². The van der Waals surface area contributed by atoms with Gasteiger partial charge >= 0.3 is 6.09 Å². The van der Waals surface area contributed by atoms with Crippen molar-refractivity contribution in [1.29, 1.82) is 0 Å². The standard InChI is InChI=1S/C24H24BrN5O2/c1-24(2,3)32-23(31)28-14-15-6-9-17(10-7-15)30-20-13-16(25)8-11-19(20)29-22(30)18-5-4-12-27-21(18)26/h4-13H,14H2,1-3H3,(H2,26,27)(H,28,31). The Kier molecular flexibility index (Phi) is 5.88. The number of anilines is 1. The quantitative estimate of drug-likeness (QED) is 0.393. The van der Waals surface area contributed by atoms with E-state index in [9.17, 15) is 4.79 Å². The Bertz CT molecular complexity index is 1280. The first kappa shape index (κ1) is 21.8. The van der Waals surface area contributed by atoms with Crippen LogP contribution in [0.5, 0.6) is 0 Å². The van der Waals surface area contributed by atoms with Gasteiger partial charge in [-0.25, -0.2) is 14.8 Å². The van der Waals surface area contributed by atoms with Crippen molar-refractivity contribution in [2.75, 3.05) is 5.73 Å². The summed E-state index contributed by atoms with van der Waals surface area (Å²) in [5.41, 5.74) is 10.1. The second-order valence-electron chi connectivity index (χ2n) is 8.36. The molecule has 0 aliphatic rings. The molecule has 32 heavy (non-hydrogen) atoms. The predicted molar refractivity (Wildman–Crippen MR) is 129 cm³/mol. The van der Waals surface area contributed by atoms with Gasteiger partial charge in [-0.15, -0.1) is 0 Å². The summed E-state index contributed by atoms with van der Waals surface area (Å²) >= 11 is 3.56. The van der Waals surface area contributed by atoms with Crippen LogP contribution in [0.15, 0.2) is 65.3 Å². The van der Waals surface area contributed by atoms with E-state index in [1.807, 2.05) is 75.4 Å². The molecule has 0 radical (unpaired) electrons. The number of rotatable bonds is 4. The van der Waals surface area contributed by atoms with Crippen LogP contribution < -0.4 is 11.1 Å². The summed E-state index contributed by atoms with van der Waals surface area (Å²) in [6.45, 7) is 5.87. The van der Waals surface area contributed by atoms with Gasteiger partial charge in [-0.3, -0.25) is 4.57 Å². The summed E-state index contributed by atoms with van der Waals surface area (Å²) in [6, 6.07) is 17.6. The Morgan fingerprint density at radius 2 is 1.91 bits per heavy atom. The summed E-state index contributed by atoms with van der Waals surface area (Å²) in [5.74, 6) is 1.13. The van der Waals surface area contributed by atoms with Crippen molar-refractivity contribution in [3.8, 4) is 17.1 Å². The first-order chi connectivity index (χ1) is 15.2. The van der Waals surface area contributed by atoms with Crippen LogP contribution in [0.4, 0.5) is 10.6 Å². The van der Waals surface area contributed by atoms with Crippen LogP contribution in [-0.2, 0) is 11.3 Å². The van der Waals surface area contributed by atoms with Crippen molar-refractivity contribution in [2.45, 2.75) is 32.9 Å². The number of carbonyl (C=O) groups is 1. The molecule has 4 rings (SSSR count). The number of fused-ring (bicyclic) bond motifs is 1. The van der Waals surface area contributed by atoms with E-state index in [0.29, 0.717) is 18.2 Å². The molecule has 2 heterocycles. The van der Waals surface area contributed by atoms with E-state index in [2.05, 4.69) is 30.8 Å². The van der Waals surface area contributed by atoms with Gasteiger partial charge in [0.1, 0.15) is 17.2 Å². The van der Waals surface area contributed by atoms with Crippen molar-refractivity contribution >= 4 is 38.9 Å². The molecule has 8 heteroatoms. The molecular weight excluding hydrogens is 470 g/mol. The van der Waals surface area contributed by atoms with E-state index in [4.69, 9.17) is 15.5 Å². The molecular formula is C24H24BrN5O2. The highest BCUT2D eigenvalue weighted by Gasteiger charge is 2.18. The van der Waals surface area contributed by atoms with Crippen molar-refractivity contribution < 1.29 is 9.53 Å². The zero-order valence-electron chi connectivity index (χ0n) is 18.1. The number of nitrogens with two attached hydrogens (primary N) is 1. The third-order valence-corrected chi connectivity index (χ3v) is 5.22. The molecule has 164 valence electrons. The number of benzene rings is 2. The van der Waals surface area contributed by atoms with E-state index < -0.39 is 11.7 Å². The summed E-state index contributed by atoms with van der Waals surface area (Å²) < 4.78 is 8.30.